The summed E-state index contributed by atoms with van der Waals surface area (Å²) in [6.45, 7) is 2.07. The summed E-state index contributed by atoms with van der Waals surface area (Å²) in [5.41, 5.74) is 0.145. The molecule has 0 aliphatic rings. The largest absolute Gasteiger partial charge is 0.468 e. The summed E-state index contributed by atoms with van der Waals surface area (Å²) in [7, 11) is 1.36. The molecule has 4 heteroatoms. The molecule has 1 atom stereocenters. The third kappa shape index (κ3) is 3.76. The molecule has 1 unspecified atom stereocenters. The molecule has 0 saturated heterocycles. The summed E-state index contributed by atoms with van der Waals surface area (Å²) < 4.78 is 4.81. The Morgan fingerprint density at radius 1 is 1.50 bits per heavy atom. The molecule has 0 heterocycles. The maximum atomic E-state index is 11.8. The van der Waals surface area contributed by atoms with Gasteiger partial charge in [-0.2, -0.15) is 0 Å². The molecule has 3 nitrogen and oxygen atoms in total. The van der Waals surface area contributed by atoms with Crippen LogP contribution in [0.5, 0.6) is 0 Å². The first-order chi connectivity index (χ1) is 8.51. The lowest BCUT2D eigenvalue weighted by molar-refractivity contribution is -0.147. The summed E-state index contributed by atoms with van der Waals surface area (Å²) >= 11 is 5.82. The van der Waals surface area contributed by atoms with E-state index in [-0.39, 0.29) is 5.97 Å². The van der Waals surface area contributed by atoms with Crippen molar-refractivity contribution in [1.82, 2.24) is 5.32 Å². The van der Waals surface area contributed by atoms with Gasteiger partial charge in [0.2, 0.25) is 0 Å². The number of halogens is 1. The van der Waals surface area contributed by atoms with E-state index in [1.807, 2.05) is 12.1 Å². The Morgan fingerprint density at radius 3 is 2.61 bits per heavy atom. The van der Waals surface area contributed by atoms with Gasteiger partial charge in [0.05, 0.1) is 13.7 Å². The third-order valence-corrected chi connectivity index (χ3v) is 2.94. The molecule has 0 aromatic heterocycles. The zero-order chi connectivity index (χ0) is 13.6. The SMILES string of the molecule is C#CCNC(C)(Cc1ccc(Cl)cc1)C(=O)OC. The summed E-state index contributed by atoms with van der Waals surface area (Å²) in [6, 6.07) is 7.33. The van der Waals surface area contributed by atoms with Crippen molar-refractivity contribution >= 4 is 17.6 Å². The van der Waals surface area contributed by atoms with Crippen LogP contribution in [-0.2, 0) is 16.0 Å². The van der Waals surface area contributed by atoms with E-state index < -0.39 is 5.54 Å². The van der Waals surface area contributed by atoms with E-state index >= 15 is 0 Å². The maximum Gasteiger partial charge on any atom is 0.326 e. The van der Waals surface area contributed by atoms with Gasteiger partial charge in [0, 0.05) is 11.4 Å². The number of esters is 1. The van der Waals surface area contributed by atoms with Crippen molar-refractivity contribution in [2.24, 2.45) is 0 Å². The van der Waals surface area contributed by atoms with Crippen LogP contribution in [0.2, 0.25) is 5.02 Å². The first kappa shape index (κ1) is 14.6. The molecule has 1 N–H and O–H groups in total. The van der Waals surface area contributed by atoms with Crippen molar-refractivity contribution in [2.75, 3.05) is 13.7 Å². The molecule has 1 aromatic carbocycles. The Labute approximate surface area is 112 Å². The van der Waals surface area contributed by atoms with Crippen LogP contribution >= 0.6 is 11.6 Å². The minimum Gasteiger partial charge on any atom is -0.468 e. The van der Waals surface area contributed by atoms with Crippen molar-refractivity contribution in [3.8, 4) is 12.3 Å². The highest BCUT2D eigenvalue weighted by molar-refractivity contribution is 6.30. The van der Waals surface area contributed by atoms with E-state index in [1.54, 1.807) is 19.1 Å². The lowest BCUT2D eigenvalue weighted by atomic mass is 9.92. The predicted molar refractivity (Wildman–Crippen MR) is 72.4 cm³/mol. The molecule has 0 bridgehead atoms. The molecule has 0 aliphatic heterocycles. The van der Waals surface area contributed by atoms with Gasteiger partial charge in [-0.15, -0.1) is 6.42 Å². The number of carbonyl (C=O) groups is 1. The van der Waals surface area contributed by atoms with Gasteiger partial charge < -0.3 is 4.74 Å². The van der Waals surface area contributed by atoms with Gasteiger partial charge in [-0.3, -0.25) is 10.1 Å². The quantitative estimate of drug-likeness (QED) is 0.654. The number of carbonyl (C=O) groups excluding carboxylic acids is 1. The van der Waals surface area contributed by atoms with Crippen LogP contribution in [0.3, 0.4) is 0 Å². The molecule has 0 aliphatic carbocycles. The van der Waals surface area contributed by atoms with E-state index in [0.717, 1.165) is 5.56 Å². The zero-order valence-electron chi connectivity index (χ0n) is 10.5. The van der Waals surface area contributed by atoms with Crippen LogP contribution in [0.1, 0.15) is 12.5 Å². The van der Waals surface area contributed by atoms with Gasteiger partial charge >= 0.3 is 5.97 Å². The van der Waals surface area contributed by atoms with Gasteiger partial charge in [0.25, 0.3) is 0 Å². The Morgan fingerprint density at radius 2 is 2.11 bits per heavy atom. The average Bonchev–Trinajstić information content (AvgIpc) is 2.38. The van der Waals surface area contributed by atoms with E-state index in [1.165, 1.54) is 7.11 Å². The second kappa shape index (κ2) is 6.44. The lowest BCUT2D eigenvalue weighted by Gasteiger charge is -2.27. The van der Waals surface area contributed by atoms with E-state index in [9.17, 15) is 4.79 Å². The first-order valence-corrected chi connectivity index (χ1v) is 5.91. The van der Waals surface area contributed by atoms with Crippen LogP contribution in [0.4, 0.5) is 0 Å². The number of ether oxygens (including phenoxy) is 1. The second-order valence-corrected chi connectivity index (χ2v) is 4.62. The molecule has 0 spiro atoms. The molecule has 1 rings (SSSR count). The summed E-state index contributed by atoms with van der Waals surface area (Å²) in [5.74, 6) is 2.12. The monoisotopic (exact) mass is 265 g/mol. The minimum atomic E-state index is -0.838. The lowest BCUT2D eigenvalue weighted by Crippen LogP contribution is -2.52. The first-order valence-electron chi connectivity index (χ1n) is 5.53. The fourth-order valence-corrected chi connectivity index (χ4v) is 1.81. The van der Waals surface area contributed by atoms with E-state index in [2.05, 4.69) is 11.2 Å². The van der Waals surface area contributed by atoms with Crippen LogP contribution in [0.15, 0.2) is 24.3 Å². The van der Waals surface area contributed by atoms with Crippen LogP contribution in [-0.4, -0.2) is 25.2 Å². The van der Waals surface area contributed by atoms with Crippen LogP contribution in [0, 0.1) is 12.3 Å². The third-order valence-electron chi connectivity index (χ3n) is 2.69. The molecular weight excluding hydrogens is 250 g/mol. The van der Waals surface area contributed by atoms with Gasteiger partial charge in [-0.25, -0.2) is 0 Å². The smallest absolute Gasteiger partial charge is 0.326 e. The second-order valence-electron chi connectivity index (χ2n) is 4.18. The molecule has 18 heavy (non-hydrogen) atoms. The Kier molecular flexibility index (Phi) is 5.21. The van der Waals surface area contributed by atoms with Crippen LogP contribution in [0.25, 0.3) is 0 Å². The number of hydrogen-bond acceptors (Lipinski definition) is 3. The highest BCUT2D eigenvalue weighted by Crippen LogP contribution is 2.17. The molecule has 96 valence electrons. The van der Waals surface area contributed by atoms with Gasteiger partial charge in [0.15, 0.2) is 0 Å². The molecule has 0 fully saturated rings. The van der Waals surface area contributed by atoms with E-state index in [0.29, 0.717) is 18.0 Å². The number of nitrogens with one attached hydrogen (secondary N) is 1. The number of hydrogen-bond donors (Lipinski definition) is 1. The molecule has 0 saturated carbocycles. The molecule has 1 aromatic rings. The summed E-state index contributed by atoms with van der Waals surface area (Å²) in [5, 5.41) is 3.68. The number of rotatable bonds is 5. The summed E-state index contributed by atoms with van der Waals surface area (Å²) in [4.78, 5) is 11.8. The van der Waals surface area contributed by atoms with Crippen molar-refractivity contribution in [2.45, 2.75) is 18.9 Å². The molecule has 0 radical (unpaired) electrons. The Hall–Kier alpha value is -1.50. The fourth-order valence-electron chi connectivity index (χ4n) is 1.69. The number of terminal acetylenes is 1. The minimum absolute atomic E-state index is 0.305. The van der Waals surface area contributed by atoms with Crippen molar-refractivity contribution in [1.29, 1.82) is 0 Å². The molecular formula is C14H16ClNO2. The normalized spacial score (nSPS) is 13.4. The standard InChI is InChI=1S/C14H16ClNO2/c1-4-9-16-14(2,13(17)18-3)10-11-5-7-12(15)8-6-11/h1,5-8,16H,9-10H2,2-3H3. The highest BCUT2D eigenvalue weighted by atomic mass is 35.5. The molecule has 0 amide bonds. The van der Waals surface area contributed by atoms with Crippen LogP contribution < -0.4 is 5.32 Å². The van der Waals surface area contributed by atoms with Crippen molar-refractivity contribution in [3.05, 3.63) is 34.9 Å². The topological polar surface area (TPSA) is 38.3 Å². The Bertz CT molecular complexity index is 450. The maximum absolute atomic E-state index is 11.8. The summed E-state index contributed by atoms with van der Waals surface area (Å²) in [6.07, 6.45) is 5.69. The van der Waals surface area contributed by atoms with Gasteiger partial charge in [-0.05, 0) is 24.6 Å². The van der Waals surface area contributed by atoms with Gasteiger partial charge in [-0.1, -0.05) is 29.7 Å². The number of methoxy groups -OCH3 is 1. The van der Waals surface area contributed by atoms with Crippen molar-refractivity contribution < 1.29 is 9.53 Å². The Balaban J connectivity index is 2.87. The highest BCUT2D eigenvalue weighted by Gasteiger charge is 2.33. The number of benzene rings is 1. The fraction of sp³-hybridized carbons (Fsp3) is 0.357. The van der Waals surface area contributed by atoms with Crippen molar-refractivity contribution in [3.63, 3.8) is 0 Å². The zero-order valence-corrected chi connectivity index (χ0v) is 11.3. The van der Waals surface area contributed by atoms with Gasteiger partial charge in [0.1, 0.15) is 5.54 Å². The average molecular weight is 266 g/mol. The predicted octanol–water partition coefficient (Wildman–Crippen LogP) is 2.04. The van der Waals surface area contributed by atoms with E-state index in [4.69, 9.17) is 22.8 Å².